The van der Waals surface area contributed by atoms with Gasteiger partial charge in [-0.05, 0) is 36.5 Å². The number of carbonyl (C=O) groups is 2. The van der Waals surface area contributed by atoms with E-state index in [2.05, 4.69) is 25.6 Å². The molecule has 1 aromatic heterocycles. The molecule has 11 heteroatoms. The number of rotatable bonds is 9. The number of para-hydroxylation sites is 1. The normalized spacial score (nSPS) is 22.9. The second-order valence-corrected chi connectivity index (χ2v) is 13.1. The topological polar surface area (TPSA) is 133 Å². The van der Waals surface area contributed by atoms with Crippen molar-refractivity contribution >= 4 is 44.3 Å². The Bertz CT molecular complexity index is 1690. The van der Waals surface area contributed by atoms with Crippen LogP contribution in [0.2, 0.25) is 5.02 Å². The highest BCUT2D eigenvalue weighted by atomic mass is 35.5. The van der Waals surface area contributed by atoms with Gasteiger partial charge in [0.1, 0.15) is 11.2 Å². The van der Waals surface area contributed by atoms with Crippen molar-refractivity contribution in [3.8, 4) is 0 Å². The Morgan fingerprint density at radius 1 is 0.900 bits per heavy atom. The molecule has 3 saturated carbocycles. The van der Waals surface area contributed by atoms with E-state index in [-0.39, 0.29) is 11.8 Å². The van der Waals surface area contributed by atoms with Crippen LogP contribution in [0.4, 0.5) is 0 Å². The first-order valence-electron chi connectivity index (χ1n) is 12.9. The summed E-state index contributed by atoms with van der Waals surface area (Å²) in [7, 11) is -3.61. The number of hydrogen-bond donors (Lipinski definition) is 4. The van der Waals surface area contributed by atoms with E-state index in [9.17, 15) is 18.0 Å². The van der Waals surface area contributed by atoms with E-state index in [4.69, 9.17) is 11.6 Å². The first kappa shape index (κ1) is 26.5. The standard InChI is InChI=1S/C29H28ClN5O4S/c1-40(38,39)35-23(19-11-6-3-7-12-19)22(18-9-4-2-5-10-18)31-27(37)28-15-29(16-28,17-28)32-26(36)25-20-13-8-14-21(30)24(20)33-34-25/h2-14,22-23,35H,15-17H2,1H3,(H,31,37)(H,32,36)(H,33,34)/t22-,23-,28?,29?/m1/s1. The summed E-state index contributed by atoms with van der Waals surface area (Å²) in [4.78, 5) is 26.8. The van der Waals surface area contributed by atoms with Gasteiger partial charge in [0.2, 0.25) is 15.9 Å². The molecule has 0 unspecified atom stereocenters. The lowest BCUT2D eigenvalue weighted by molar-refractivity contribution is -0.179. The summed E-state index contributed by atoms with van der Waals surface area (Å²) in [6.07, 6.45) is 2.61. The molecule has 2 atom stereocenters. The average molecular weight is 578 g/mol. The molecule has 0 spiro atoms. The molecule has 1 heterocycles. The van der Waals surface area contributed by atoms with E-state index < -0.39 is 33.1 Å². The van der Waals surface area contributed by atoms with E-state index in [0.717, 1.165) is 17.4 Å². The Morgan fingerprint density at radius 2 is 1.50 bits per heavy atom. The number of aromatic amines is 1. The van der Waals surface area contributed by atoms with Gasteiger partial charge in [-0.3, -0.25) is 14.7 Å². The summed E-state index contributed by atoms with van der Waals surface area (Å²) in [5.74, 6) is -0.449. The molecule has 9 nitrogen and oxygen atoms in total. The molecule has 7 rings (SSSR count). The fourth-order valence-electron chi connectivity index (χ4n) is 6.17. The number of sulfonamides is 1. The molecular weight excluding hydrogens is 550 g/mol. The Hall–Kier alpha value is -3.73. The third-order valence-corrected chi connectivity index (χ3v) is 8.92. The van der Waals surface area contributed by atoms with Crippen molar-refractivity contribution in [3.05, 3.63) is 101 Å². The molecule has 4 N–H and O–H groups in total. The third-order valence-electron chi connectivity index (χ3n) is 7.93. The lowest BCUT2D eigenvalue weighted by atomic mass is 9.39. The smallest absolute Gasteiger partial charge is 0.270 e. The monoisotopic (exact) mass is 577 g/mol. The predicted octanol–water partition coefficient (Wildman–Crippen LogP) is 4.02. The number of H-pyrrole nitrogens is 1. The zero-order valence-electron chi connectivity index (χ0n) is 21.6. The third kappa shape index (κ3) is 4.76. The van der Waals surface area contributed by atoms with Crippen molar-refractivity contribution < 1.29 is 18.0 Å². The van der Waals surface area contributed by atoms with Crippen molar-refractivity contribution in [2.75, 3.05) is 6.26 Å². The fraction of sp³-hybridized carbons (Fsp3) is 0.276. The average Bonchev–Trinajstić information content (AvgIpc) is 3.33. The summed E-state index contributed by atoms with van der Waals surface area (Å²) < 4.78 is 27.5. The molecule has 3 aromatic carbocycles. The molecule has 2 amide bonds. The highest BCUT2D eigenvalue weighted by Crippen LogP contribution is 2.67. The maximum atomic E-state index is 13.7. The van der Waals surface area contributed by atoms with Crippen LogP contribution >= 0.6 is 11.6 Å². The van der Waals surface area contributed by atoms with Crippen LogP contribution in [0.1, 0.15) is 53.0 Å². The van der Waals surface area contributed by atoms with Crippen LogP contribution in [-0.4, -0.2) is 42.2 Å². The quantitative estimate of drug-likeness (QED) is 0.238. The molecule has 3 fully saturated rings. The van der Waals surface area contributed by atoms with Crippen molar-refractivity contribution in [2.45, 2.75) is 36.9 Å². The lowest BCUT2D eigenvalue weighted by Crippen LogP contribution is -2.78. The molecule has 4 aromatic rings. The summed E-state index contributed by atoms with van der Waals surface area (Å²) in [6, 6.07) is 22.4. The van der Waals surface area contributed by atoms with Crippen LogP contribution in [0, 0.1) is 5.41 Å². The number of nitrogens with one attached hydrogen (secondary N) is 4. The summed E-state index contributed by atoms with van der Waals surface area (Å²) >= 11 is 6.19. The number of fused-ring (bicyclic) bond motifs is 1. The van der Waals surface area contributed by atoms with Gasteiger partial charge in [0, 0.05) is 10.9 Å². The number of hydrogen-bond acceptors (Lipinski definition) is 5. The second kappa shape index (κ2) is 9.72. The molecule has 3 aliphatic carbocycles. The molecule has 3 aliphatic rings. The van der Waals surface area contributed by atoms with Crippen LogP contribution in [0.25, 0.3) is 10.9 Å². The molecule has 0 radical (unpaired) electrons. The van der Waals surface area contributed by atoms with Gasteiger partial charge in [0.15, 0.2) is 0 Å². The van der Waals surface area contributed by atoms with Crippen LogP contribution in [0.3, 0.4) is 0 Å². The Kier molecular flexibility index (Phi) is 6.44. The summed E-state index contributed by atoms with van der Waals surface area (Å²) in [5, 5.41) is 14.3. The van der Waals surface area contributed by atoms with Gasteiger partial charge >= 0.3 is 0 Å². The van der Waals surface area contributed by atoms with Crippen molar-refractivity contribution in [3.63, 3.8) is 0 Å². The van der Waals surface area contributed by atoms with E-state index in [1.807, 2.05) is 60.7 Å². The van der Waals surface area contributed by atoms with Gasteiger partial charge in [0.25, 0.3) is 5.91 Å². The molecular formula is C29H28ClN5O4S. The highest BCUT2D eigenvalue weighted by molar-refractivity contribution is 7.88. The van der Waals surface area contributed by atoms with Gasteiger partial charge in [-0.1, -0.05) is 84.4 Å². The Morgan fingerprint density at radius 3 is 2.10 bits per heavy atom. The summed E-state index contributed by atoms with van der Waals surface area (Å²) in [6.45, 7) is 0. The van der Waals surface area contributed by atoms with Crippen LogP contribution in [-0.2, 0) is 14.8 Å². The fourth-order valence-corrected chi connectivity index (χ4v) is 7.12. The molecule has 40 heavy (non-hydrogen) atoms. The molecule has 0 aliphatic heterocycles. The van der Waals surface area contributed by atoms with E-state index in [1.54, 1.807) is 18.2 Å². The van der Waals surface area contributed by atoms with Gasteiger partial charge < -0.3 is 10.6 Å². The van der Waals surface area contributed by atoms with Gasteiger partial charge in [-0.25, -0.2) is 13.1 Å². The molecule has 2 bridgehead atoms. The SMILES string of the molecule is CS(=O)(=O)N[C@H](c1ccccc1)[C@H](NC(=O)C12CC(NC(=O)c3[nH]nc4c(Cl)cccc34)(C1)C2)c1ccccc1. The Labute approximate surface area is 236 Å². The van der Waals surface area contributed by atoms with Crippen LogP contribution in [0.15, 0.2) is 78.9 Å². The van der Waals surface area contributed by atoms with E-state index in [1.165, 1.54) is 0 Å². The van der Waals surface area contributed by atoms with Crippen molar-refractivity contribution in [1.82, 2.24) is 25.6 Å². The van der Waals surface area contributed by atoms with Gasteiger partial charge in [-0.2, -0.15) is 5.10 Å². The zero-order chi connectivity index (χ0) is 28.1. The van der Waals surface area contributed by atoms with Crippen molar-refractivity contribution in [2.24, 2.45) is 5.41 Å². The lowest BCUT2D eigenvalue weighted by Gasteiger charge is -2.69. The van der Waals surface area contributed by atoms with Crippen LogP contribution in [0.5, 0.6) is 0 Å². The van der Waals surface area contributed by atoms with E-state index in [0.29, 0.717) is 40.9 Å². The number of nitrogens with zero attached hydrogens (tertiary/aromatic N) is 1. The minimum absolute atomic E-state index is 0.160. The van der Waals surface area contributed by atoms with E-state index >= 15 is 0 Å². The predicted molar refractivity (Wildman–Crippen MR) is 152 cm³/mol. The maximum Gasteiger partial charge on any atom is 0.270 e. The minimum atomic E-state index is -3.61. The first-order chi connectivity index (χ1) is 19.1. The molecule has 0 saturated heterocycles. The summed E-state index contributed by atoms with van der Waals surface area (Å²) in [5.41, 5.74) is 1.30. The number of aromatic nitrogens is 2. The number of amides is 2. The molecule has 206 valence electrons. The first-order valence-corrected chi connectivity index (χ1v) is 15.2. The minimum Gasteiger partial charge on any atom is -0.347 e. The number of carbonyl (C=O) groups excluding carboxylic acids is 2. The largest absolute Gasteiger partial charge is 0.347 e. The Balaban J connectivity index is 1.20. The van der Waals surface area contributed by atoms with Gasteiger partial charge in [-0.15, -0.1) is 0 Å². The number of halogens is 1. The second-order valence-electron chi connectivity index (χ2n) is 10.9. The number of benzene rings is 3. The maximum absolute atomic E-state index is 13.7. The van der Waals surface area contributed by atoms with Crippen molar-refractivity contribution in [1.29, 1.82) is 0 Å². The van der Waals surface area contributed by atoms with Crippen LogP contribution < -0.4 is 15.4 Å². The van der Waals surface area contributed by atoms with Gasteiger partial charge in [0.05, 0.1) is 28.8 Å². The zero-order valence-corrected chi connectivity index (χ0v) is 23.2. The highest BCUT2D eigenvalue weighted by Gasteiger charge is 2.72.